The van der Waals surface area contributed by atoms with E-state index < -0.39 is 0 Å². The van der Waals surface area contributed by atoms with Crippen LogP contribution in [0.2, 0.25) is 0 Å². The van der Waals surface area contributed by atoms with Crippen molar-refractivity contribution >= 4 is 20.7 Å². The van der Waals surface area contributed by atoms with E-state index in [9.17, 15) is 0 Å². The van der Waals surface area contributed by atoms with Gasteiger partial charge in [0.1, 0.15) is 11.5 Å². The fraction of sp³-hybridized carbons (Fsp3) is 0.125. The van der Waals surface area contributed by atoms with E-state index in [1.165, 1.54) is 0 Å². The van der Waals surface area contributed by atoms with Crippen LogP contribution in [0.3, 0.4) is 0 Å². The van der Waals surface area contributed by atoms with E-state index in [0.29, 0.717) is 0 Å². The summed E-state index contributed by atoms with van der Waals surface area (Å²) in [6.07, 6.45) is 0. The molecule has 0 aliphatic carbocycles. The standard InChI is InChI=1S/C16H14NO2S2/c1-18-13-7-3-11(4-8-13)15-17-16(21-20-15)12-5-9-14(19-2)10-6-12/h3-10H,1-2H3/q+1. The summed E-state index contributed by atoms with van der Waals surface area (Å²) in [5.41, 5.74) is 2.22. The number of benzene rings is 2. The largest absolute Gasteiger partial charge is 0.497 e. The minimum atomic E-state index is 0.856. The van der Waals surface area contributed by atoms with Crippen LogP contribution in [0.1, 0.15) is 0 Å². The fourth-order valence-corrected chi connectivity index (χ4v) is 4.11. The van der Waals surface area contributed by atoms with E-state index in [2.05, 4.69) is 0 Å². The molecule has 2 aromatic carbocycles. The summed E-state index contributed by atoms with van der Waals surface area (Å²) in [7, 11) is 6.70. The van der Waals surface area contributed by atoms with E-state index in [-0.39, 0.29) is 0 Å². The molecule has 0 bridgehead atoms. The zero-order valence-corrected chi connectivity index (χ0v) is 13.3. The Balaban J connectivity index is 1.87. The Bertz CT molecular complexity index is 659. The number of hydrogen-bond acceptors (Lipinski definition) is 4. The van der Waals surface area contributed by atoms with Gasteiger partial charge >= 0.3 is 15.3 Å². The third-order valence-electron chi connectivity index (χ3n) is 3.08. The number of aromatic nitrogens is 1. The molecular weight excluding hydrogens is 302 g/mol. The zero-order valence-electron chi connectivity index (χ0n) is 11.7. The summed E-state index contributed by atoms with van der Waals surface area (Å²) >= 11 is 0. The van der Waals surface area contributed by atoms with Crippen molar-refractivity contribution in [1.29, 1.82) is 0 Å². The van der Waals surface area contributed by atoms with Gasteiger partial charge in [-0.15, -0.1) is 0 Å². The Labute approximate surface area is 130 Å². The summed E-state index contributed by atoms with van der Waals surface area (Å²) in [5, 5.41) is 2.04. The summed E-state index contributed by atoms with van der Waals surface area (Å²) in [5.74, 6) is 1.71. The highest BCUT2D eigenvalue weighted by atomic mass is 32.9. The van der Waals surface area contributed by atoms with Crippen LogP contribution in [0, 0.1) is 0 Å². The molecular formula is C16H14NO2S2+. The molecule has 0 aliphatic heterocycles. The molecule has 0 radical (unpaired) electrons. The molecule has 1 aromatic heterocycles. The van der Waals surface area contributed by atoms with Crippen LogP contribution in [-0.4, -0.2) is 19.2 Å². The van der Waals surface area contributed by atoms with E-state index in [4.69, 9.17) is 14.5 Å². The first-order valence-corrected chi connectivity index (χ1v) is 8.54. The molecule has 3 nitrogen and oxygen atoms in total. The highest BCUT2D eigenvalue weighted by Crippen LogP contribution is 2.34. The molecule has 21 heavy (non-hydrogen) atoms. The maximum atomic E-state index is 5.18. The lowest BCUT2D eigenvalue weighted by atomic mass is 10.2. The molecule has 0 N–H and O–H groups in total. The highest BCUT2D eigenvalue weighted by Gasteiger charge is 2.19. The molecule has 0 saturated carbocycles. The van der Waals surface area contributed by atoms with Crippen LogP contribution in [0.25, 0.3) is 21.1 Å². The number of methoxy groups -OCH3 is 2. The van der Waals surface area contributed by atoms with Gasteiger partial charge in [-0.3, -0.25) is 0 Å². The smallest absolute Gasteiger partial charge is 0.348 e. The summed E-state index contributed by atoms with van der Waals surface area (Å²) in [6, 6.07) is 15.9. The van der Waals surface area contributed by atoms with Gasteiger partial charge in [-0.05, 0) is 48.5 Å². The van der Waals surface area contributed by atoms with Gasteiger partial charge in [0.15, 0.2) is 15.3 Å². The molecule has 0 spiro atoms. The van der Waals surface area contributed by atoms with Gasteiger partial charge in [0.05, 0.1) is 19.8 Å². The van der Waals surface area contributed by atoms with Gasteiger partial charge in [0.2, 0.25) is 0 Å². The van der Waals surface area contributed by atoms with Crippen molar-refractivity contribution < 1.29 is 9.47 Å². The van der Waals surface area contributed by atoms with Crippen molar-refractivity contribution in [3.63, 3.8) is 0 Å². The fourth-order valence-electron chi connectivity index (χ4n) is 1.90. The molecule has 0 aliphatic rings. The quantitative estimate of drug-likeness (QED) is 0.510. The minimum absolute atomic E-state index is 0.856. The number of ether oxygens (including phenoxy) is 2. The van der Waals surface area contributed by atoms with Crippen LogP contribution in [-0.2, 0) is 0 Å². The van der Waals surface area contributed by atoms with Crippen LogP contribution in [0.5, 0.6) is 11.5 Å². The van der Waals surface area contributed by atoms with E-state index in [1.807, 2.05) is 48.5 Å². The van der Waals surface area contributed by atoms with E-state index in [0.717, 1.165) is 32.6 Å². The Kier molecular flexibility index (Phi) is 4.13. The van der Waals surface area contributed by atoms with Gasteiger partial charge in [0, 0.05) is 5.56 Å². The first kappa shape index (κ1) is 14.0. The molecule has 3 aromatic rings. The highest BCUT2D eigenvalue weighted by molar-refractivity contribution is 7.71. The molecule has 5 heteroatoms. The van der Waals surface area contributed by atoms with E-state index >= 15 is 0 Å². The lowest BCUT2D eigenvalue weighted by Crippen LogP contribution is -1.83. The van der Waals surface area contributed by atoms with Crippen LogP contribution < -0.4 is 9.47 Å². The van der Waals surface area contributed by atoms with Crippen LogP contribution >= 0.6 is 20.7 Å². The molecule has 1 heterocycles. The lowest BCUT2D eigenvalue weighted by molar-refractivity contribution is 0.415. The van der Waals surface area contributed by atoms with E-state index in [1.54, 1.807) is 34.9 Å². The maximum Gasteiger partial charge on any atom is 0.348 e. The zero-order chi connectivity index (χ0) is 14.7. The van der Waals surface area contributed by atoms with Gasteiger partial charge in [-0.1, -0.05) is 0 Å². The second-order valence-corrected chi connectivity index (χ2v) is 6.45. The molecule has 0 unspecified atom stereocenters. The van der Waals surface area contributed by atoms with Gasteiger partial charge < -0.3 is 9.47 Å². The van der Waals surface area contributed by atoms with Crippen molar-refractivity contribution in [1.82, 2.24) is 4.98 Å². The second kappa shape index (κ2) is 6.20. The third kappa shape index (κ3) is 3.04. The van der Waals surface area contributed by atoms with Crippen molar-refractivity contribution in [3.8, 4) is 32.6 Å². The molecule has 0 saturated heterocycles. The first-order valence-electron chi connectivity index (χ1n) is 6.39. The van der Waals surface area contributed by atoms with Crippen LogP contribution in [0.15, 0.2) is 48.5 Å². The predicted molar refractivity (Wildman–Crippen MR) is 88.4 cm³/mol. The Morgan fingerprint density at radius 1 is 0.810 bits per heavy atom. The van der Waals surface area contributed by atoms with Crippen LogP contribution in [0.4, 0.5) is 0 Å². The molecule has 0 amide bonds. The predicted octanol–water partition coefficient (Wildman–Crippen LogP) is 4.84. The average Bonchev–Trinajstić information content (AvgIpc) is 3.05. The maximum absolute atomic E-state index is 5.18. The second-order valence-electron chi connectivity index (χ2n) is 4.35. The van der Waals surface area contributed by atoms with Gasteiger partial charge in [-0.2, -0.15) is 4.98 Å². The monoisotopic (exact) mass is 316 g/mol. The van der Waals surface area contributed by atoms with Crippen molar-refractivity contribution in [2.24, 2.45) is 0 Å². The van der Waals surface area contributed by atoms with Crippen molar-refractivity contribution in [2.45, 2.75) is 0 Å². The number of nitrogens with zero attached hydrogens (tertiary/aromatic N) is 1. The molecule has 0 fully saturated rings. The normalized spacial score (nSPS) is 10.4. The molecule has 3 rings (SSSR count). The summed E-state index contributed by atoms with van der Waals surface area (Å²) in [4.78, 5) is 4.72. The molecule has 106 valence electrons. The Morgan fingerprint density at radius 3 is 1.86 bits per heavy atom. The Hall–Kier alpha value is -1.98. The number of rotatable bonds is 4. The van der Waals surface area contributed by atoms with Gasteiger partial charge in [-0.25, -0.2) is 0 Å². The topological polar surface area (TPSA) is 31.4 Å². The average molecular weight is 316 g/mol. The third-order valence-corrected chi connectivity index (χ3v) is 5.33. The first-order chi connectivity index (χ1) is 10.3. The summed E-state index contributed by atoms with van der Waals surface area (Å²) in [6.45, 7) is 0. The van der Waals surface area contributed by atoms with Crippen molar-refractivity contribution in [2.75, 3.05) is 14.2 Å². The lowest BCUT2D eigenvalue weighted by Gasteiger charge is -1.99. The minimum Gasteiger partial charge on any atom is -0.497 e. The van der Waals surface area contributed by atoms with Gasteiger partial charge in [0.25, 0.3) is 0 Å². The summed E-state index contributed by atoms with van der Waals surface area (Å²) < 4.78 is 10.4. The number of hydrogen-bond donors (Lipinski definition) is 0. The Morgan fingerprint density at radius 2 is 1.33 bits per heavy atom. The van der Waals surface area contributed by atoms with Crippen molar-refractivity contribution in [3.05, 3.63) is 48.5 Å². The SMILES string of the molecule is COc1ccc(-c2nc(-c3ccc(OC)cc3)[s+]s2)cc1. The molecule has 0 atom stereocenters.